The molecule has 0 radical (unpaired) electrons. The highest BCUT2D eigenvalue weighted by atomic mass is 19.1. The van der Waals surface area contributed by atoms with E-state index >= 15 is 4.39 Å². The first kappa shape index (κ1) is 23.1. The fraction of sp³-hybridized carbons (Fsp3) is 0.444. The fourth-order valence-electron chi connectivity index (χ4n) is 5.13. The Morgan fingerprint density at radius 2 is 1.86 bits per heavy atom. The second kappa shape index (κ2) is 9.28. The van der Waals surface area contributed by atoms with Gasteiger partial charge in [-0.15, -0.1) is 0 Å². The molecule has 2 fully saturated rings. The summed E-state index contributed by atoms with van der Waals surface area (Å²) in [5.74, 6) is 1.26. The predicted molar refractivity (Wildman–Crippen MR) is 137 cm³/mol. The maximum absolute atomic E-state index is 15.3. The number of aromatic nitrogens is 2. The topological polar surface area (TPSA) is 65.9 Å². The average molecular weight is 493 g/mol. The monoisotopic (exact) mass is 492 g/mol. The zero-order chi connectivity index (χ0) is 24.8. The van der Waals surface area contributed by atoms with Crippen LogP contribution in [0.3, 0.4) is 0 Å². The van der Waals surface area contributed by atoms with Crippen LogP contribution in [0.4, 0.5) is 20.5 Å². The van der Waals surface area contributed by atoms with Crippen molar-refractivity contribution in [3.63, 3.8) is 0 Å². The molecule has 6 rings (SSSR count). The average Bonchev–Trinajstić information content (AvgIpc) is 3.43. The molecule has 1 saturated carbocycles. The number of ether oxygens (including phenoxy) is 1. The number of allylic oxidation sites excluding steroid dienone is 1. The Labute approximate surface area is 209 Å². The Morgan fingerprint density at radius 1 is 1.06 bits per heavy atom. The minimum atomic E-state index is -0.578. The van der Waals surface area contributed by atoms with Crippen molar-refractivity contribution in [2.24, 2.45) is 10.9 Å². The van der Waals surface area contributed by atoms with E-state index in [0.717, 1.165) is 37.8 Å². The van der Waals surface area contributed by atoms with E-state index in [1.54, 1.807) is 12.1 Å². The molecule has 1 aromatic carbocycles. The molecule has 1 aromatic heterocycles. The van der Waals surface area contributed by atoms with E-state index in [9.17, 15) is 4.39 Å². The van der Waals surface area contributed by atoms with E-state index < -0.39 is 11.6 Å². The van der Waals surface area contributed by atoms with Crippen LogP contribution in [0.2, 0.25) is 0 Å². The van der Waals surface area contributed by atoms with E-state index in [1.165, 1.54) is 24.8 Å². The van der Waals surface area contributed by atoms with Gasteiger partial charge in [0.15, 0.2) is 11.6 Å². The Balaban J connectivity index is 1.31. The molecule has 7 nitrogen and oxygen atoms in total. The maximum Gasteiger partial charge on any atom is 0.233 e. The first-order valence-electron chi connectivity index (χ1n) is 12.6. The normalized spacial score (nSPS) is 20.0. The van der Waals surface area contributed by atoms with Crippen LogP contribution in [0.1, 0.15) is 37.3 Å². The molecule has 2 aliphatic heterocycles. The van der Waals surface area contributed by atoms with Gasteiger partial charge in [0, 0.05) is 49.4 Å². The number of fused-ring (bicyclic) bond motifs is 1. The molecule has 2 aromatic rings. The van der Waals surface area contributed by atoms with Crippen LogP contribution in [-0.4, -0.2) is 60.5 Å². The van der Waals surface area contributed by atoms with Crippen molar-refractivity contribution in [1.29, 1.82) is 0 Å². The van der Waals surface area contributed by atoms with Gasteiger partial charge in [0.2, 0.25) is 11.8 Å². The smallest absolute Gasteiger partial charge is 0.233 e. The summed E-state index contributed by atoms with van der Waals surface area (Å²) in [5, 5.41) is 3.22. The predicted octanol–water partition coefficient (Wildman–Crippen LogP) is 4.81. The lowest BCUT2D eigenvalue weighted by molar-refractivity contribution is 0.312. The third kappa shape index (κ3) is 4.48. The number of hydrogen-bond acceptors (Lipinski definition) is 7. The number of anilines is 2. The Bertz CT molecular complexity index is 1290. The van der Waals surface area contributed by atoms with Gasteiger partial charge in [-0.3, -0.25) is 4.99 Å². The lowest BCUT2D eigenvalue weighted by atomic mass is 9.80. The SMILES string of the molecule is CC1=Cc2c(F)c(Oc3cc(N4CCN(C)CC4)nc(NC4=NCC(C5CCC5)=C4)n3)cc(F)c2C1. The summed E-state index contributed by atoms with van der Waals surface area (Å²) >= 11 is 0. The number of hydrogen-bond donors (Lipinski definition) is 1. The van der Waals surface area contributed by atoms with Crippen LogP contribution in [0.25, 0.3) is 6.08 Å². The molecule has 1 saturated heterocycles. The molecule has 188 valence electrons. The van der Waals surface area contributed by atoms with Crippen LogP contribution in [0.15, 0.2) is 34.3 Å². The molecule has 1 N–H and O–H groups in total. The van der Waals surface area contributed by atoms with Crippen molar-refractivity contribution >= 4 is 23.7 Å². The molecule has 0 unspecified atom stereocenters. The van der Waals surface area contributed by atoms with Crippen molar-refractivity contribution < 1.29 is 13.5 Å². The Morgan fingerprint density at radius 3 is 2.61 bits per heavy atom. The highest BCUT2D eigenvalue weighted by Gasteiger charge is 2.26. The number of amidine groups is 1. The van der Waals surface area contributed by atoms with E-state index in [-0.39, 0.29) is 17.2 Å². The third-order valence-corrected chi connectivity index (χ3v) is 7.52. The number of nitrogens with zero attached hydrogens (tertiary/aromatic N) is 5. The van der Waals surface area contributed by atoms with Gasteiger partial charge in [0.05, 0.1) is 6.54 Å². The first-order chi connectivity index (χ1) is 17.4. The molecule has 2 aliphatic carbocycles. The summed E-state index contributed by atoms with van der Waals surface area (Å²) < 4.78 is 35.9. The van der Waals surface area contributed by atoms with Gasteiger partial charge in [-0.25, -0.2) is 8.78 Å². The summed E-state index contributed by atoms with van der Waals surface area (Å²) in [7, 11) is 2.09. The maximum atomic E-state index is 15.3. The Kier molecular flexibility index (Phi) is 5.95. The fourth-order valence-corrected chi connectivity index (χ4v) is 5.13. The summed E-state index contributed by atoms with van der Waals surface area (Å²) in [4.78, 5) is 18.2. The molecule has 0 spiro atoms. The zero-order valence-corrected chi connectivity index (χ0v) is 20.7. The summed E-state index contributed by atoms with van der Waals surface area (Å²) in [6.07, 6.45) is 7.88. The van der Waals surface area contributed by atoms with Crippen molar-refractivity contribution in [1.82, 2.24) is 14.9 Å². The molecule has 0 bridgehead atoms. The van der Waals surface area contributed by atoms with Crippen LogP contribution >= 0.6 is 0 Å². The van der Waals surface area contributed by atoms with Crippen molar-refractivity contribution in [2.75, 3.05) is 50.0 Å². The van der Waals surface area contributed by atoms with E-state index in [0.29, 0.717) is 42.0 Å². The lowest BCUT2D eigenvalue weighted by Gasteiger charge is -2.33. The van der Waals surface area contributed by atoms with E-state index in [2.05, 4.69) is 38.2 Å². The largest absolute Gasteiger partial charge is 0.436 e. The number of piperazine rings is 1. The van der Waals surface area contributed by atoms with Crippen LogP contribution in [0.5, 0.6) is 11.6 Å². The molecule has 4 aliphatic rings. The van der Waals surface area contributed by atoms with Gasteiger partial charge >= 0.3 is 0 Å². The summed E-state index contributed by atoms with van der Waals surface area (Å²) in [6.45, 7) is 5.96. The lowest BCUT2D eigenvalue weighted by Crippen LogP contribution is -2.44. The molecular weight excluding hydrogens is 462 g/mol. The summed E-state index contributed by atoms with van der Waals surface area (Å²) in [6, 6.07) is 2.80. The number of benzene rings is 1. The first-order valence-corrected chi connectivity index (χ1v) is 12.6. The van der Waals surface area contributed by atoms with Crippen LogP contribution in [-0.2, 0) is 6.42 Å². The van der Waals surface area contributed by atoms with E-state index in [1.807, 2.05) is 6.92 Å². The minimum Gasteiger partial charge on any atom is -0.436 e. The minimum absolute atomic E-state index is 0.153. The molecular formula is C27H30F2N6O. The standard InChI is InChI=1S/C27H30F2N6O/c1-16-10-19-20(11-16)26(29)22(13-21(19)28)36-25-14-24(35-8-6-34(2)7-9-35)32-27(33-25)31-23-12-18(15-30-23)17-4-3-5-17/h11-14,17H,3-10,15H2,1-2H3,(H,30,31,32,33). The highest BCUT2D eigenvalue weighted by molar-refractivity contribution is 6.04. The van der Waals surface area contributed by atoms with Crippen molar-refractivity contribution in [3.05, 3.63) is 52.1 Å². The number of aliphatic imine (C=N–C) groups is 1. The number of halogens is 2. The molecule has 0 amide bonds. The third-order valence-electron chi connectivity index (χ3n) is 7.52. The van der Waals surface area contributed by atoms with Crippen molar-refractivity contribution in [3.8, 4) is 11.6 Å². The van der Waals surface area contributed by atoms with Gasteiger partial charge < -0.3 is 19.9 Å². The number of likely N-dealkylation sites (N-methyl/N-ethyl adjacent to an activating group) is 1. The molecule has 9 heteroatoms. The van der Waals surface area contributed by atoms with E-state index in [4.69, 9.17) is 9.72 Å². The molecule has 36 heavy (non-hydrogen) atoms. The number of rotatable bonds is 5. The number of nitrogens with one attached hydrogen (secondary N) is 1. The van der Waals surface area contributed by atoms with Gasteiger partial charge in [0.25, 0.3) is 0 Å². The second-order valence-electron chi connectivity index (χ2n) is 10.2. The van der Waals surface area contributed by atoms with Crippen molar-refractivity contribution in [2.45, 2.75) is 32.6 Å². The zero-order valence-electron chi connectivity index (χ0n) is 20.7. The second-order valence-corrected chi connectivity index (χ2v) is 10.2. The molecule has 0 atom stereocenters. The van der Waals surface area contributed by atoms with Gasteiger partial charge in [-0.2, -0.15) is 9.97 Å². The quantitative estimate of drug-likeness (QED) is 0.646. The van der Waals surface area contributed by atoms with Gasteiger partial charge in [-0.1, -0.05) is 18.1 Å². The van der Waals surface area contributed by atoms with Crippen LogP contribution < -0.4 is 15.0 Å². The Hall–Kier alpha value is -3.33. The van der Waals surface area contributed by atoms with Crippen LogP contribution in [0, 0.1) is 17.6 Å². The highest BCUT2D eigenvalue weighted by Crippen LogP contribution is 2.37. The van der Waals surface area contributed by atoms with Gasteiger partial charge in [0.1, 0.15) is 17.5 Å². The van der Waals surface area contributed by atoms with Gasteiger partial charge in [-0.05, 0) is 50.8 Å². The molecule has 3 heterocycles. The summed E-state index contributed by atoms with van der Waals surface area (Å²) in [5.41, 5.74) is 2.88.